The number of rotatable bonds is 7. The van der Waals surface area contributed by atoms with Crippen LogP contribution in [0.1, 0.15) is 40.2 Å². The molecular weight excluding hydrogens is 378 g/mol. The smallest absolute Gasteiger partial charge is 0.190 e. The van der Waals surface area contributed by atoms with Gasteiger partial charge in [-0.2, -0.15) is 0 Å². The van der Waals surface area contributed by atoms with Crippen LogP contribution in [0.3, 0.4) is 0 Å². The minimum atomic E-state index is -1.28. The van der Waals surface area contributed by atoms with E-state index in [0.29, 0.717) is 6.61 Å². The van der Waals surface area contributed by atoms with E-state index in [2.05, 4.69) is 11.3 Å². The summed E-state index contributed by atoms with van der Waals surface area (Å²) in [6.45, 7) is 13.8. The van der Waals surface area contributed by atoms with E-state index in [1.165, 1.54) is 0 Å². The van der Waals surface area contributed by atoms with E-state index in [0.717, 1.165) is 5.56 Å². The van der Waals surface area contributed by atoms with Crippen LogP contribution in [0.2, 0.25) is 0 Å². The first-order valence-corrected chi connectivity index (χ1v) is 10.7. The summed E-state index contributed by atoms with van der Waals surface area (Å²) >= 11 is 0. The summed E-state index contributed by atoms with van der Waals surface area (Å²) in [6.07, 6.45) is -0.0125. The molecule has 1 aromatic carbocycles. The van der Waals surface area contributed by atoms with E-state index in [4.69, 9.17) is 18.9 Å². The number of benzene rings is 1. The van der Waals surface area contributed by atoms with Crippen LogP contribution in [0.4, 0.5) is 0 Å². The molecule has 2 fully saturated rings. The molecule has 0 radical (unpaired) electrons. The number of hydrogen-bond donors (Lipinski definition) is 1. The Bertz CT molecular complexity index is 702. The summed E-state index contributed by atoms with van der Waals surface area (Å²) in [5, 5.41) is 0. The molecule has 0 amide bonds. The third-order valence-electron chi connectivity index (χ3n) is 4.72. The van der Waals surface area contributed by atoms with E-state index in [-0.39, 0.29) is 18.2 Å². The Morgan fingerprint density at radius 2 is 1.96 bits per heavy atom. The fraction of sp³-hybridized carbons (Fsp3) is 0.619. The van der Waals surface area contributed by atoms with Gasteiger partial charge in [0.25, 0.3) is 0 Å². The van der Waals surface area contributed by atoms with Gasteiger partial charge >= 0.3 is 0 Å². The van der Waals surface area contributed by atoms with Gasteiger partial charge in [-0.3, -0.25) is 0 Å². The molecule has 0 bridgehead atoms. The lowest BCUT2D eigenvalue weighted by molar-refractivity contribution is -0.220. The lowest BCUT2D eigenvalue weighted by Gasteiger charge is -2.31. The molecule has 3 rings (SSSR count). The molecule has 1 N–H and O–H groups in total. The molecule has 2 aliphatic rings. The van der Waals surface area contributed by atoms with E-state index in [1.807, 2.05) is 65.0 Å². The maximum Gasteiger partial charge on any atom is 0.190 e. The molecule has 0 aromatic heterocycles. The molecule has 0 spiro atoms. The number of hydrogen-bond acceptors (Lipinski definition) is 5. The second-order valence-electron chi connectivity index (χ2n) is 8.59. The van der Waals surface area contributed by atoms with Gasteiger partial charge < -0.3 is 18.9 Å². The van der Waals surface area contributed by atoms with Crippen LogP contribution in [0.15, 0.2) is 43.0 Å². The highest BCUT2D eigenvalue weighted by molar-refractivity contribution is 7.84. The second-order valence-corrected chi connectivity index (χ2v) is 10.6. The lowest BCUT2D eigenvalue weighted by Crippen LogP contribution is -2.50. The van der Waals surface area contributed by atoms with Gasteiger partial charge in [0.1, 0.15) is 18.3 Å². The normalized spacial score (nSPS) is 31.3. The molecule has 2 saturated heterocycles. The second kappa shape index (κ2) is 8.34. The number of ether oxygens (including phenoxy) is 4. The van der Waals surface area contributed by atoms with Crippen LogP contribution in [0.25, 0.3) is 0 Å². The Balaban J connectivity index is 1.77. The van der Waals surface area contributed by atoms with Crippen LogP contribution in [0, 0.1) is 0 Å². The van der Waals surface area contributed by atoms with E-state index in [1.54, 1.807) is 6.08 Å². The summed E-state index contributed by atoms with van der Waals surface area (Å²) in [4.78, 5) is 0. The highest BCUT2D eigenvalue weighted by atomic mass is 32.2. The number of fused-ring (bicyclic) bond motifs is 1. The Kier molecular flexibility index (Phi) is 6.44. The van der Waals surface area contributed by atoms with Gasteiger partial charge in [0.2, 0.25) is 0 Å². The minimum absolute atomic E-state index is 0.365. The van der Waals surface area contributed by atoms with Crippen molar-refractivity contribution in [3.8, 4) is 0 Å². The highest BCUT2D eigenvalue weighted by Crippen LogP contribution is 2.40. The van der Waals surface area contributed by atoms with Crippen LogP contribution in [-0.2, 0) is 36.5 Å². The minimum Gasteiger partial charge on any atom is -0.368 e. The van der Waals surface area contributed by atoms with Crippen molar-refractivity contribution in [1.29, 1.82) is 0 Å². The van der Waals surface area contributed by atoms with Gasteiger partial charge in [0, 0.05) is 0 Å². The summed E-state index contributed by atoms with van der Waals surface area (Å²) < 4.78 is 39.7. The maximum absolute atomic E-state index is 12.6. The van der Waals surface area contributed by atoms with Crippen LogP contribution in [0.5, 0.6) is 0 Å². The van der Waals surface area contributed by atoms with Gasteiger partial charge in [0.15, 0.2) is 12.1 Å². The van der Waals surface area contributed by atoms with Crippen molar-refractivity contribution in [2.75, 3.05) is 0 Å². The van der Waals surface area contributed by atoms with Crippen molar-refractivity contribution in [2.45, 2.75) is 82.4 Å². The summed E-state index contributed by atoms with van der Waals surface area (Å²) in [6, 6.07) is 9.57. The predicted molar refractivity (Wildman–Crippen MR) is 109 cm³/mol. The molecule has 6 nitrogen and oxygen atoms in total. The molecule has 2 aliphatic heterocycles. The van der Waals surface area contributed by atoms with E-state index in [9.17, 15) is 4.21 Å². The highest BCUT2D eigenvalue weighted by Gasteiger charge is 2.57. The Hall–Kier alpha value is -1.09. The van der Waals surface area contributed by atoms with Gasteiger partial charge in [-0.1, -0.05) is 36.4 Å². The fourth-order valence-corrected chi connectivity index (χ4v) is 4.13. The molecule has 0 aliphatic carbocycles. The quantitative estimate of drug-likeness (QED) is 0.701. The van der Waals surface area contributed by atoms with Gasteiger partial charge in [-0.15, -0.1) is 6.58 Å². The van der Waals surface area contributed by atoms with Crippen LogP contribution in [-0.4, -0.2) is 45.4 Å². The van der Waals surface area contributed by atoms with Crippen molar-refractivity contribution in [3.63, 3.8) is 0 Å². The van der Waals surface area contributed by atoms with Gasteiger partial charge in [0.05, 0.1) is 28.4 Å². The van der Waals surface area contributed by atoms with E-state index < -0.39 is 33.9 Å². The standard InChI is InChI=1S/C21H31NO5S/c1-7-15(22-28(23)20(2,3)4)16-17(24-13-14-11-9-8-10-12-14)18-19(25-16)27-21(5,6)26-18/h7-12,15-19,22H,1,13H2,2-6H3/t15-,16-,17+,18-,19-,28+/m1/s1. The zero-order chi connectivity index (χ0) is 20.5. The molecule has 6 atom stereocenters. The third-order valence-corrected chi connectivity index (χ3v) is 6.32. The van der Waals surface area contributed by atoms with Crippen LogP contribution < -0.4 is 4.72 Å². The van der Waals surface area contributed by atoms with Gasteiger partial charge in [-0.05, 0) is 40.2 Å². The fourth-order valence-electron chi connectivity index (χ4n) is 3.30. The van der Waals surface area contributed by atoms with E-state index >= 15 is 0 Å². The molecular formula is C21H31NO5S. The van der Waals surface area contributed by atoms with Crippen molar-refractivity contribution in [1.82, 2.24) is 4.72 Å². The maximum atomic E-state index is 12.6. The SMILES string of the molecule is C=C[C@@H](N[S@@](=O)C(C)(C)C)[C@H]1O[C@@H]2OC(C)(C)O[C@@H]2[C@H]1OCc1ccccc1. The lowest BCUT2D eigenvalue weighted by atomic mass is 10.0. The first-order chi connectivity index (χ1) is 13.1. The Morgan fingerprint density at radius 3 is 2.57 bits per heavy atom. The molecule has 156 valence electrons. The van der Waals surface area contributed by atoms with Crippen LogP contribution >= 0.6 is 0 Å². The van der Waals surface area contributed by atoms with Crippen molar-refractivity contribution < 1.29 is 23.2 Å². The summed E-state index contributed by atoms with van der Waals surface area (Å²) in [5.74, 6) is -0.736. The largest absolute Gasteiger partial charge is 0.368 e. The summed E-state index contributed by atoms with van der Waals surface area (Å²) in [7, 11) is -1.28. The average molecular weight is 410 g/mol. The predicted octanol–water partition coefficient (Wildman–Crippen LogP) is 3.05. The first-order valence-electron chi connectivity index (χ1n) is 9.58. The average Bonchev–Trinajstić information content (AvgIpc) is 3.09. The summed E-state index contributed by atoms with van der Waals surface area (Å²) in [5.41, 5.74) is 1.06. The number of nitrogens with one attached hydrogen (secondary N) is 1. The zero-order valence-corrected chi connectivity index (χ0v) is 18.0. The monoisotopic (exact) mass is 409 g/mol. The zero-order valence-electron chi connectivity index (χ0n) is 17.2. The molecule has 7 heteroatoms. The topological polar surface area (TPSA) is 66.0 Å². The molecule has 0 unspecified atom stereocenters. The van der Waals surface area contributed by atoms with Gasteiger partial charge in [-0.25, -0.2) is 8.93 Å². The Morgan fingerprint density at radius 1 is 1.29 bits per heavy atom. The van der Waals surface area contributed by atoms with Crippen molar-refractivity contribution in [3.05, 3.63) is 48.6 Å². The van der Waals surface area contributed by atoms with Crippen molar-refractivity contribution in [2.24, 2.45) is 0 Å². The molecule has 2 heterocycles. The van der Waals surface area contributed by atoms with Crippen molar-refractivity contribution >= 4 is 11.0 Å². The first kappa shape index (κ1) is 21.6. The third kappa shape index (κ3) is 4.90. The molecule has 0 saturated carbocycles. The Labute approximate surface area is 170 Å². The molecule has 28 heavy (non-hydrogen) atoms. The molecule has 1 aromatic rings.